The molecule has 3 amide bonds. The number of carbonyl (C=O) groups is 2. The predicted molar refractivity (Wildman–Crippen MR) is 97.5 cm³/mol. The van der Waals surface area contributed by atoms with E-state index in [0.29, 0.717) is 30.4 Å². The summed E-state index contributed by atoms with van der Waals surface area (Å²) in [7, 11) is 0. The topological polar surface area (TPSA) is 88.7 Å². The molecule has 0 saturated heterocycles. The number of fused-ring (bicyclic) bond motifs is 1. The summed E-state index contributed by atoms with van der Waals surface area (Å²) in [5.74, 6) is 0.791. The number of amides is 3. The molecule has 0 saturated carbocycles. The Bertz CT molecular complexity index is 780. The summed E-state index contributed by atoms with van der Waals surface area (Å²) >= 11 is 0. The van der Waals surface area contributed by atoms with E-state index in [4.69, 9.17) is 9.47 Å². The van der Waals surface area contributed by atoms with Crippen LogP contribution >= 0.6 is 0 Å². The van der Waals surface area contributed by atoms with Gasteiger partial charge in [0.05, 0.1) is 6.54 Å². The first kappa shape index (κ1) is 17.8. The highest BCUT2D eigenvalue weighted by molar-refractivity contribution is 6.01. The van der Waals surface area contributed by atoms with E-state index in [9.17, 15) is 9.59 Å². The molecule has 1 atom stereocenters. The van der Waals surface area contributed by atoms with Crippen LogP contribution in [0.3, 0.4) is 0 Å². The van der Waals surface area contributed by atoms with Crippen LogP contribution in [0.15, 0.2) is 48.5 Å². The molecule has 7 nitrogen and oxygen atoms in total. The molecule has 136 valence electrons. The second kappa shape index (κ2) is 8.35. The van der Waals surface area contributed by atoms with E-state index in [-0.39, 0.29) is 12.6 Å². The lowest BCUT2D eigenvalue weighted by Gasteiger charge is -2.19. The molecule has 0 bridgehead atoms. The summed E-state index contributed by atoms with van der Waals surface area (Å²) < 4.78 is 10.9. The monoisotopic (exact) mass is 355 g/mol. The normalized spacial score (nSPS) is 13.6. The van der Waals surface area contributed by atoms with Gasteiger partial charge in [0.2, 0.25) is 5.91 Å². The zero-order chi connectivity index (χ0) is 18.4. The number of rotatable bonds is 5. The van der Waals surface area contributed by atoms with Crippen LogP contribution in [0.5, 0.6) is 11.5 Å². The van der Waals surface area contributed by atoms with Crippen LogP contribution in [-0.4, -0.2) is 31.7 Å². The quantitative estimate of drug-likeness (QED) is 0.767. The first-order chi connectivity index (χ1) is 12.6. The van der Waals surface area contributed by atoms with E-state index in [1.54, 1.807) is 18.2 Å². The van der Waals surface area contributed by atoms with Gasteiger partial charge in [-0.2, -0.15) is 0 Å². The van der Waals surface area contributed by atoms with E-state index < -0.39 is 11.9 Å². The maximum absolute atomic E-state index is 12.0. The standard InChI is InChI=1S/C19H21N3O4/c1-13(14-5-3-2-4-6-14)20-12-18(23)22-19(24)21-15-7-8-16-17(11-15)26-10-9-25-16/h2-8,11,13,20H,9-10,12H2,1H3,(H2,21,22,23,24). The van der Waals surface area contributed by atoms with Crippen LogP contribution < -0.4 is 25.4 Å². The molecule has 0 aromatic heterocycles. The number of hydrogen-bond acceptors (Lipinski definition) is 5. The zero-order valence-electron chi connectivity index (χ0n) is 14.5. The van der Waals surface area contributed by atoms with Crippen molar-refractivity contribution < 1.29 is 19.1 Å². The maximum Gasteiger partial charge on any atom is 0.325 e. The summed E-state index contributed by atoms with van der Waals surface area (Å²) in [5, 5.41) is 7.98. The number of benzene rings is 2. The van der Waals surface area contributed by atoms with Gasteiger partial charge in [0, 0.05) is 17.8 Å². The fourth-order valence-corrected chi connectivity index (χ4v) is 2.56. The minimum absolute atomic E-state index is 0.00260. The Balaban J connectivity index is 1.46. The van der Waals surface area contributed by atoms with E-state index >= 15 is 0 Å². The van der Waals surface area contributed by atoms with Gasteiger partial charge in [0.1, 0.15) is 13.2 Å². The van der Waals surface area contributed by atoms with Crippen molar-refractivity contribution >= 4 is 17.6 Å². The highest BCUT2D eigenvalue weighted by Crippen LogP contribution is 2.32. The Morgan fingerprint density at radius 2 is 1.77 bits per heavy atom. The fraction of sp³-hybridized carbons (Fsp3) is 0.263. The van der Waals surface area contributed by atoms with Crippen molar-refractivity contribution in [1.82, 2.24) is 10.6 Å². The number of nitrogens with one attached hydrogen (secondary N) is 3. The Kier molecular flexibility index (Phi) is 5.70. The predicted octanol–water partition coefficient (Wildman–Crippen LogP) is 2.46. The molecule has 26 heavy (non-hydrogen) atoms. The molecule has 1 aliphatic rings. The second-order valence-corrected chi connectivity index (χ2v) is 5.87. The lowest BCUT2D eigenvalue weighted by Crippen LogP contribution is -2.40. The molecule has 2 aromatic carbocycles. The molecular weight excluding hydrogens is 334 g/mol. The van der Waals surface area contributed by atoms with Gasteiger partial charge in [-0.05, 0) is 24.6 Å². The molecule has 3 N–H and O–H groups in total. The van der Waals surface area contributed by atoms with Crippen molar-refractivity contribution in [1.29, 1.82) is 0 Å². The molecule has 0 spiro atoms. The smallest absolute Gasteiger partial charge is 0.325 e. The Morgan fingerprint density at radius 3 is 2.54 bits per heavy atom. The number of anilines is 1. The lowest BCUT2D eigenvalue weighted by molar-refractivity contribution is -0.119. The van der Waals surface area contributed by atoms with Gasteiger partial charge in [0.15, 0.2) is 11.5 Å². The fourth-order valence-electron chi connectivity index (χ4n) is 2.56. The van der Waals surface area contributed by atoms with Gasteiger partial charge < -0.3 is 20.1 Å². The van der Waals surface area contributed by atoms with Crippen LogP contribution in [-0.2, 0) is 4.79 Å². The van der Waals surface area contributed by atoms with Gasteiger partial charge in [0.25, 0.3) is 0 Å². The maximum atomic E-state index is 12.0. The van der Waals surface area contributed by atoms with Crippen LogP contribution in [0.4, 0.5) is 10.5 Å². The molecule has 1 aliphatic heterocycles. The molecule has 1 heterocycles. The van der Waals surface area contributed by atoms with Gasteiger partial charge in [-0.25, -0.2) is 4.79 Å². The molecule has 1 unspecified atom stereocenters. The summed E-state index contributed by atoms with van der Waals surface area (Å²) in [6.45, 7) is 2.96. The van der Waals surface area contributed by atoms with Crippen molar-refractivity contribution in [2.24, 2.45) is 0 Å². The highest BCUT2D eigenvalue weighted by atomic mass is 16.6. The summed E-state index contributed by atoms with van der Waals surface area (Å²) in [4.78, 5) is 23.9. The van der Waals surface area contributed by atoms with Crippen molar-refractivity contribution in [2.45, 2.75) is 13.0 Å². The van der Waals surface area contributed by atoms with Crippen LogP contribution in [0.25, 0.3) is 0 Å². The summed E-state index contributed by atoms with van der Waals surface area (Å²) in [5.41, 5.74) is 1.59. The Labute approximate surface area is 151 Å². The zero-order valence-corrected chi connectivity index (χ0v) is 14.5. The van der Waals surface area contributed by atoms with Crippen molar-refractivity contribution in [3.63, 3.8) is 0 Å². The first-order valence-corrected chi connectivity index (χ1v) is 8.40. The SMILES string of the molecule is CC(NCC(=O)NC(=O)Nc1ccc2c(c1)OCCO2)c1ccccc1. The van der Waals surface area contributed by atoms with E-state index in [1.165, 1.54) is 0 Å². The third-order valence-electron chi connectivity index (χ3n) is 3.92. The second-order valence-electron chi connectivity index (χ2n) is 5.87. The highest BCUT2D eigenvalue weighted by Gasteiger charge is 2.14. The average molecular weight is 355 g/mol. The number of carbonyl (C=O) groups excluding carboxylic acids is 2. The minimum Gasteiger partial charge on any atom is -0.486 e. The van der Waals surface area contributed by atoms with Gasteiger partial charge in [-0.1, -0.05) is 30.3 Å². The van der Waals surface area contributed by atoms with Crippen LogP contribution in [0.1, 0.15) is 18.5 Å². The third kappa shape index (κ3) is 4.73. The van der Waals surface area contributed by atoms with Crippen molar-refractivity contribution in [3.8, 4) is 11.5 Å². The summed E-state index contributed by atoms with van der Waals surface area (Å²) in [6, 6.07) is 14.2. The lowest BCUT2D eigenvalue weighted by atomic mass is 10.1. The Morgan fingerprint density at radius 1 is 1.04 bits per heavy atom. The number of urea groups is 1. The summed E-state index contributed by atoms with van der Waals surface area (Å²) in [6.07, 6.45) is 0. The number of ether oxygens (including phenoxy) is 2. The molecule has 2 aromatic rings. The van der Waals surface area contributed by atoms with Gasteiger partial charge in [-0.15, -0.1) is 0 Å². The van der Waals surface area contributed by atoms with E-state index in [2.05, 4.69) is 16.0 Å². The molecular formula is C19H21N3O4. The number of hydrogen-bond donors (Lipinski definition) is 3. The minimum atomic E-state index is -0.596. The van der Waals surface area contributed by atoms with Crippen molar-refractivity contribution in [2.75, 3.05) is 25.1 Å². The Hall–Kier alpha value is -3.06. The van der Waals surface area contributed by atoms with Gasteiger partial charge in [-0.3, -0.25) is 10.1 Å². The van der Waals surface area contributed by atoms with E-state index in [1.807, 2.05) is 37.3 Å². The third-order valence-corrected chi connectivity index (χ3v) is 3.92. The molecule has 0 aliphatic carbocycles. The average Bonchev–Trinajstić information content (AvgIpc) is 2.66. The van der Waals surface area contributed by atoms with Gasteiger partial charge >= 0.3 is 6.03 Å². The number of imide groups is 1. The van der Waals surface area contributed by atoms with Crippen LogP contribution in [0, 0.1) is 0 Å². The first-order valence-electron chi connectivity index (χ1n) is 8.40. The largest absolute Gasteiger partial charge is 0.486 e. The van der Waals surface area contributed by atoms with E-state index in [0.717, 1.165) is 5.56 Å². The molecule has 3 rings (SSSR count). The molecule has 0 fully saturated rings. The molecule has 0 radical (unpaired) electrons. The molecule has 7 heteroatoms. The van der Waals surface area contributed by atoms with Crippen LogP contribution in [0.2, 0.25) is 0 Å². The van der Waals surface area contributed by atoms with Crippen molar-refractivity contribution in [3.05, 3.63) is 54.1 Å².